The summed E-state index contributed by atoms with van der Waals surface area (Å²) in [6, 6.07) is 8.82. The average molecular weight is 399 g/mol. The highest BCUT2D eigenvalue weighted by Gasteiger charge is 2.34. The van der Waals surface area contributed by atoms with E-state index in [2.05, 4.69) is 32.0 Å². The van der Waals surface area contributed by atoms with Crippen LogP contribution in [0.4, 0.5) is 11.4 Å². The van der Waals surface area contributed by atoms with E-state index in [9.17, 15) is 9.59 Å². The molecule has 28 heavy (non-hydrogen) atoms. The van der Waals surface area contributed by atoms with Crippen LogP contribution in [-0.4, -0.2) is 55.5 Å². The van der Waals surface area contributed by atoms with Crippen LogP contribution in [-0.2, 0) is 0 Å². The second-order valence-corrected chi connectivity index (χ2v) is 8.44. The van der Waals surface area contributed by atoms with E-state index in [1.54, 1.807) is 24.3 Å². The number of fused-ring (bicyclic) bond motifs is 2. The quantitative estimate of drug-likeness (QED) is 0.247. The molecule has 0 aliphatic heterocycles. The number of carbonyl (C=O) groups excluding carboxylic acids is 2. The number of carbonyl (C=O) groups is 2. The maximum absolute atomic E-state index is 13.2. The first-order valence-electron chi connectivity index (χ1n) is 9.55. The van der Waals surface area contributed by atoms with Gasteiger partial charge in [-0.15, -0.1) is 0 Å². The molecule has 1 aliphatic carbocycles. The number of nitrogens with one attached hydrogen (secondary N) is 1. The van der Waals surface area contributed by atoms with Crippen molar-refractivity contribution >= 4 is 35.6 Å². The summed E-state index contributed by atoms with van der Waals surface area (Å²) < 4.78 is 0.898. The van der Waals surface area contributed by atoms with Crippen molar-refractivity contribution in [2.45, 2.75) is 13.3 Å². The summed E-state index contributed by atoms with van der Waals surface area (Å²) >= 11 is 4.32. The van der Waals surface area contributed by atoms with Crippen molar-refractivity contribution in [3.63, 3.8) is 0 Å². The summed E-state index contributed by atoms with van der Waals surface area (Å²) in [7, 11) is 4.37. The van der Waals surface area contributed by atoms with Gasteiger partial charge in [0, 0.05) is 41.2 Å². The molecule has 0 amide bonds. The minimum Gasteiger partial charge on any atom is -0.398 e. The molecule has 3 N–H and O–H groups in total. The Morgan fingerprint density at radius 2 is 1.64 bits per heavy atom. The van der Waals surface area contributed by atoms with E-state index in [1.165, 1.54) is 0 Å². The lowest BCUT2D eigenvalue weighted by Crippen LogP contribution is -2.42. The van der Waals surface area contributed by atoms with Crippen LogP contribution in [0.15, 0.2) is 30.3 Å². The summed E-state index contributed by atoms with van der Waals surface area (Å²) in [6.07, 6.45) is 0.942. The van der Waals surface area contributed by atoms with E-state index in [4.69, 9.17) is 5.73 Å². The van der Waals surface area contributed by atoms with Crippen LogP contribution in [0.5, 0.6) is 0 Å². The smallest absolute Gasteiger partial charge is 0.196 e. The molecule has 0 saturated heterocycles. The Labute approximate surface area is 171 Å². The molecule has 0 fully saturated rings. The Morgan fingerprint density at radius 3 is 2.25 bits per heavy atom. The van der Waals surface area contributed by atoms with Crippen LogP contribution in [0.1, 0.15) is 43.8 Å². The van der Waals surface area contributed by atoms with E-state index in [1.807, 2.05) is 13.0 Å². The van der Waals surface area contributed by atoms with Crippen LogP contribution in [0.2, 0.25) is 0 Å². The van der Waals surface area contributed by atoms with Crippen molar-refractivity contribution in [2.75, 3.05) is 50.5 Å². The van der Waals surface area contributed by atoms with Crippen LogP contribution >= 0.6 is 12.6 Å². The monoisotopic (exact) mass is 398 g/mol. The molecule has 2 aromatic carbocycles. The molecule has 3 rings (SSSR count). The number of quaternary nitrogens is 1. The minimum absolute atomic E-state index is 0.148. The average Bonchev–Trinajstić information content (AvgIpc) is 2.65. The number of rotatable bonds is 7. The molecule has 0 atom stereocenters. The Hall–Kier alpha value is -2.31. The summed E-state index contributed by atoms with van der Waals surface area (Å²) in [5, 5.41) is 3.38. The maximum Gasteiger partial charge on any atom is 0.196 e. The third-order valence-electron chi connectivity index (χ3n) is 5.41. The lowest BCUT2D eigenvalue weighted by atomic mass is 9.81. The van der Waals surface area contributed by atoms with Gasteiger partial charge in [-0.25, -0.2) is 0 Å². The highest BCUT2D eigenvalue weighted by molar-refractivity contribution is 7.80. The van der Waals surface area contributed by atoms with Crippen LogP contribution in [0, 0.1) is 6.92 Å². The molecule has 0 aromatic heterocycles. The lowest BCUT2D eigenvalue weighted by Gasteiger charge is -2.29. The summed E-state index contributed by atoms with van der Waals surface area (Å²) in [6.45, 7) is 4.58. The fourth-order valence-electron chi connectivity index (χ4n) is 3.71. The molecule has 0 radical (unpaired) electrons. The number of benzene rings is 2. The summed E-state index contributed by atoms with van der Waals surface area (Å²) in [4.78, 5) is 26.2. The topological polar surface area (TPSA) is 72.2 Å². The number of anilines is 2. The predicted octanol–water partition coefficient (Wildman–Crippen LogP) is 3.16. The Kier molecular flexibility index (Phi) is 5.82. The Balaban J connectivity index is 1.89. The van der Waals surface area contributed by atoms with Crippen molar-refractivity contribution in [3.8, 4) is 0 Å². The van der Waals surface area contributed by atoms with Crippen molar-refractivity contribution in [2.24, 2.45) is 0 Å². The zero-order valence-electron chi connectivity index (χ0n) is 16.7. The van der Waals surface area contributed by atoms with E-state index >= 15 is 0 Å². The van der Waals surface area contributed by atoms with Gasteiger partial charge >= 0.3 is 0 Å². The number of nitrogens with two attached hydrogens (primary N) is 1. The normalized spacial score (nSPS) is 13.3. The molecule has 2 aromatic rings. The molecule has 148 valence electrons. The second kappa shape index (κ2) is 7.97. The van der Waals surface area contributed by atoms with Crippen molar-refractivity contribution in [1.29, 1.82) is 0 Å². The van der Waals surface area contributed by atoms with Crippen LogP contribution in [0.3, 0.4) is 0 Å². The van der Waals surface area contributed by atoms with E-state index < -0.39 is 0 Å². The van der Waals surface area contributed by atoms with E-state index in [-0.39, 0.29) is 11.6 Å². The number of aryl methyl sites for hydroxylation is 1. The highest BCUT2D eigenvalue weighted by atomic mass is 32.1. The number of thiol groups is 1. The van der Waals surface area contributed by atoms with Crippen LogP contribution in [0.25, 0.3) is 0 Å². The molecule has 0 bridgehead atoms. The Morgan fingerprint density at radius 1 is 1.04 bits per heavy atom. The molecule has 0 saturated carbocycles. The predicted molar refractivity (Wildman–Crippen MR) is 118 cm³/mol. The van der Waals surface area contributed by atoms with Crippen molar-refractivity contribution in [3.05, 3.63) is 58.1 Å². The fourth-order valence-corrected chi connectivity index (χ4v) is 4.25. The minimum atomic E-state index is -0.180. The second-order valence-electron chi connectivity index (χ2n) is 8.00. The summed E-state index contributed by atoms with van der Waals surface area (Å²) in [5.41, 5.74) is 9.69. The molecule has 6 heteroatoms. The van der Waals surface area contributed by atoms with Gasteiger partial charge in [0.25, 0.3) is 0 Å². The molecule has 1 aliphatic rings. The van der Waals surface area contributed by atoms with Gasteiger partial charge in [0.1, 0.15) is 0 Å². The molecule has 0 heterocycles. The molecule has 0 spiro atoms. The van der Waals surface area contributed by atoms with Crippen LogP contribution < -0.4 is 11.1 Å². The van der Waals surface area contributed by atoms with Gasteiger partial charge in [-0.1, -0.05) is 24.3 Å². The molecular formula is C22H28N3O2S+. The first-order chi connectivity index (χ1) is 13.3. The van der Waals surface area contributed by atoms with Gasteiger partial charge in [0.05, 0.1) is 38.3 Å². The zero-order chi connectivity index (χ0) is 20.5. The number of hydrogen-bond acceptors (Lipinski definition) is 5. The van der Waals surface area contributed by atoms with Gasteiger partial charge < -0.3 is 15.5 Å². The Bertz CT molecular complexity index is 938. The van der Waals surface area contributed by atoms with E-state index in [0.29, 0.717) is 40.2 Å². The number of hydrogen-bond donors (Lipinski definition) is 3. The first kappa shape index (κ1) is 20.4. The molecular weight excluding hydrogens is 370 g/mol. The summed E-state index contributed by atoms with van der Waals surface area (Å²) in [5.74, 6) is 0.521. The van der Waals surface area contributed by atoms with E-state index in [0.717, 1.165) is 35.3 Å². The van der Waals surface area contributed by atoms with Gasteiger partial charge in [-0.05, 0) is 18.6 Å². The lowest BCUT2D eigenvalue weighted by molar-refractivity contribution is -0.887. The first-order valence-corrected chi connectivity index (χ1v) is 10.2. The van der Waals surface area contributed by atoms with Crippen molar-refractivity contribution in [1.82, 2.24) is 0 Å². The van der Waals surface area contributed by atoms with Gasteiger partial charge in [-0.3, -0.25) is 9.59 Å². The fraction of sp³-hybridized carbons (Fsp3) is 0.364. The number of ketones is 2. The molecule has 0 unspecified atom stereocenters. The standard InChI is InChI=1S/C22H27N3O2S/c1-14-13-17(24-9-6-10-25(2,3)11-12-28)18-19(20(14)23)22(27)16-8-5-4-7-15(16)21(18)26/h4-5,7-8,13,24H,6,9-12,23H2,1-3H3/p+1. The largest absolute Gasteiger partial charge is 0.398 e. The van der Waals surface area contributed by atoms with Crippen molar-refractivity contribution < 1.29 is 14.1 Å². The number of nitrogens with zero attached hydrogens (tertiary/aromatic N) is 1. The maximum atomic E-state index is 13.2. The third kappa shape index (κ3) is 3.80. The molecule has 5 nitrogen and oxygen atoms in total. The number of nitrogen functional groups attached to an aromatic ring is 1. The third-order valence-corrected chi connectivity index (χ3v) is 5.61. The van der Waals surface area contributed by atoms with Gasteiger partial charge in [-0.2, -0.15) is 12.6 Å². The highest BCUT2D eigenvalue weighted by Crippen LogP contribution is 2.37. The van der Waals surface area contributed by atoms with Gasteiger partial charge in [0.2, 0.25) is 0 Å². The zero-order valence-corrected chi connectivity index (χ0v) is 17.6. The SMILES string of the molecule is Cc1cc(NCCC[N+](C)(C)CCS)c2c(c1N)C(=O)c1ccccc1C2=O. The van der Waals surface area contributed by atoms with Gasteiger partial charge in [0.15, 0.2) is 11.6 Å².